The molecule has 0 radical (unpaired) electrons. The van der Waals surface area contributed by atoms with Crippen LogP contribution in [0.2, 0.25) is 0 Å². The molecule has 0 amide bonds. The van der Waals surface area contributed by atoms with Gasteiger partial charge in [-0.05, 0) is 48.0 Å². The molecule has 0 saturated carbocycles. The van der Waals surface area contributed by atoms with Gasteiger partial charge in [0.1, 0.15) is 11.4 Å². The van der Waals surface area contributed by atoms with Crippen molar-refractivity contribution in [1.82, 2.24) is 34.3 Å². The number of aromatic nitrogens is 7. The SMILES string of the molecule is c1ccc(-c2nc(-c3ccc(-c4c5ccccc5n5c4cnc4ccccc45)cc3)nc(-c3ccccn3)n2)nc1. The molecule has 0 atom stereocenters. The molecule has 41 heavy (non-hydrogen) atoms. The van der Waals surface area contributed by atoms with Gasteiger partial charge in [-0.1, -0.05) is 66.7 Å². The molecular weight excluding hydrogens is 506 g/mol. The normalized spacial score (nSPS) is 11.4. The molecule has 7 nitrogen and oxygen atoms in total. The Kier molecular flexibility index (Phi) is 5.31. The van der Waals surface area contributed by atoms with Gasteiger partial charge in [0.05, 0.1) is 28.3 Å². The Morgan fingerprint density at radius 1 is 0.439 bits per heavy atom. The van der Waals surface area contributed by atoms with E-state index in [4.69, 9.17) is 19.9 Å². The van der Waals surface area contributed by atoms with Crippen molar-refractivity contribution in [3.63, 3.8) is 0 Å². The Morgan fingerprint density at radius 2 is 1.02 bits per heavy atom. The Labute approximate surface area is 234 Å². The van der Waals surface area contributed by atoms with Gasteiger partial charge in [0.2, 0.25) is 0 Å². The minimum atomic E-state index is 0.503. The second-order valence-electron chi connectivity index (χ2n) is 9.67. The van der Waals surface area contributed by atoms with Crippen molar-refractivity contribution in [3.05, 3.63) is 128 Å². The Balaban J connectivity index is 1.29. The maximum Gasteiger partial charge on any atom is 0.182 e. The number of benzene rings is 3. The van der Waals surface area contributed by atoms with Crippen LogP contribution in [0.1, 0.15) is 0 Å². The molecule has 0 unspecified atom stereocenters. The average Bonchev–Trinajstić information content (AvgIpc) is 3.40. The van der Waals surface area contributed by atoms with Crippen molar-refractivity contribution < 1.29 is 0 Å². The first-order chi connectivity index (χ1) is 20.3. The van der Waals surface area contributed by atoms with Crippen LogP contribution in [0.3, 0.4) is 0 Å². The van der Waals surface area contributed by atoms with E-state index in [1.165, 1.54) is 5.39 Å². The number of rotatable bonds is 4. The summed E-state index contributed by atoms with van der Waals surface area (Å²) in [6.45, 7) is 0. The molecule has 5 aromatic heterocycles. The molecule has 3 aromatic carbocycles. The quantitative estimate of drug-likeness (QED) is 0.239. The van der Waals surface area contributed by atoms with Gasteiger partial charge in [-0.25, -0.2) is 15.0 Å². The van der Waals surface area contributed by atoms with Gasteiger partial charge in [0.25, 0.3) is 0 Å². The molecule has 0 aliphatic heterocycles. The van der Waals surface area contributed by atoms with Crippen LogP contribution >= 0.6 is 0 Å². The van der Waals surface area contributed by atoms with Crippen molar-refractivity contribution in [1.29, 1.82) is 0 Å². The smallest absolute Gasteiger partial charge is 0.182 e. The maximum atomic E-state index is 4.80. The third-order valence-corrected chi connectivity index (χ3v) is 7.22. The minimum absolute atomic E-state index is 0.503. The van der Waals surface area contributed by atoms with Gasteiger partial charge < -0.3 is 4.40 Å². The standard InChI is InChI=1S/C34H21N7/c1-3-13-28-24(9-1)31(30-21-37-25-10-2-4-14-29(25)41(28)30)22-15-17-23(18-16-22)32-38-33(26-11-5-7-19-35-26)40-34(39-32)27-12-6-8-20-36-27/h1-21H. The number of hydrogen-bond donors (Lipinski definition) is 0. The summed E-state index contributed by atoms with van der Waals surface area (Å²) in [5.74, 6) is 1.57. The van der Waals surface area contributed by atoms with Gasteiger partial charge in [-0.15, -0.1) is 0 Å². The van der Waals surface area contributed by atoms with E-state index in [2.05, 4.69) is 75.0 Å². The third kappa shape index (κ3) is 3.91. The van der Waals surface area contributed by atoms with E-state index in [9.17, 15) is 0 Å². The highest BCUT2D eigenvalue weighted by atomic mass is 15.1. The maximum absolute atomic E-state index is 4.80. The highest BCUT2D eigenvalue weighted by Gasteiger charge is 2.17. The van der Waals surface area contributed by atoms with Gasteiger partial charge >= 0.3 is 0 Å². The lowest BCUT2D eigenvalue weighted by atomic mass is 10.0. The number of para-hydroxylation sites is 3. The predicted molar refractivity (Wildman–Crippen MR) is 161 cm³/mol. The van der Waals surface area contributed by atoms with Crippen LogP contribution in [0.25, 0.3) is 73.0 Å². The summed E-state index contributed by atoms with van der Waals surface area (Å²) in [4.78, 5) is 28.0. The molecular formula is C34H21N7. The monoisotopic (exact) mass is 527 g/mol. The molecule has 0 aliphatic carbocycles. The lowest BCUT2D eigenvalue weighted by Gasteiger charge is -2.08. The molecule has 0 aliphatic rings. The van der Waals surface area contributed by atoms with Crippen molar-refractivity contribution in [2.45, 2.75) is 0 Å². The molecule has 192 valence electrons. The first kappa shape index (κ1) is 23.1. The van der Waals surface area contributed by atoms with Crippen molar-refractivity contribution in [2.75, 3.05) is 0 Å². The summed E-state index contributed by atoms with van der Waals surface area (Å²) in [5.41, 5.74) is 8.72. The topological polar surface area (TPSA) is 81.8 Å². The summed E-state index contributed by atoms with van der Waals surface area (Å²) >= 11 is 0. The van der Waals surface area contributed by atoms with Crippen LogP contribution in [0.5, 0.6) is 0 Å². The lowest BCUT2D eigenvalue weighted by molar-refractivity contribution is 1.05. The molecule has 7 heteroatoms. The fourth-order valence-electron chi connectivity index (χ4n) is 5.35. The van der Waals surface area contributed by atoms with E-state index in [0.717, 1.165) is 38.8 Å². The Hall–Kier alpha value is -5.82. The third-order valence-electron chi connectivity index (χ3n) is 7.22. The van der Waals surface area contributed by atoms with Crippen molar-refractivity contribution in [3.8, 4) is 45.6 Å². The second-order valence-corrected chi connectivity index (χ2v) is 9.67. The highest BCUT2D eigenvalue weighted by molar-refractivity contribution is 6.07. The van der Waals surface area contributed by atoms with Crippen LogP contribution in [0, 0.1) is 0 Å². The summed E-state index contributed by atoms with van der Waals surface area (Å²) < 4.78 is 2.30. The summed E-state index contributed by atoms with van der Waals surface area (Å²) in [7, 11) is 0. The lowest BCUT2D eigenvalue weighted by Crippen LogP contribution is -2.01. The number of hydrogen-bond acceptors (Lipinski definition) is 6. The second kappa shape index (κ2) is 9.43. The number of fused-ring (bicyclic) bond motifs is 5. The molecule has 8 rings (SSSR count). The van der Waals surface area contributed by atoms with E-state index in [0.29, 0.717) is 28.9 Å². The summed E-state index contributed by atoms with van der Waals surface area (Å²) in [6.07, 6.45) is 5.44. The van der Waals surface area contributed by atoms with E-state index in [-0.39, 0.29) is 0 Å². The highest BCUT2D eigenvalue weighted by Crippen LogP contribution is 2.37. The zero-order valence-corrected chi connectivity index (χ0v) is 21.8. The van der Waals surface area contributed by atoms with E-state index >= 15 is 0 Å². The van der Waals surface area contributed by atoms with E-state index < -0.39 is 0 Å². The van der Waals surface area contributed by atoms with Gasteiger partial charge in [0.15, 0.2) is 17.5 Å². The Bertz CT molecular complexity index is 2130. The molecule has 0 bridgehead atoms. The van der Waals surface area contributed by atoms with Crippen LogP contribution in [0.15, 0.2) is 128 Å². The molecule has 0 fully saturated rings. The van der Waals surface area contributed by atoms with E-state index in [1.807, 2.05) is 54.7 Å². The zero-order chi connectivity index (χ0) is 27.2. The molecule has 0 spiro atoms. The molecule has 5 heterocycles. The van der Waals surface area contributed by atoms with Crippen LogP contribution in [-0.2, 0) is 0 Å². The van der Waals surface area contributed by atoms with Gasteiger partial charge in [-0.2, -0.15) is 0 Å². The largest absolute Gasteiger partial charge is 0.306 e. The fourth-order valence-corrected chi connectivity index (χ4v) is 5.35. The molecule has 0 N–H and O–H groups in total. The van der Waals surface area contributed by atoms with Crippen LogP contribution < -0.4 is 0 Å². The first-order valence-corrected chi connectivity index (χ1v) is 13.3. The summed E-state index contributed by atoms with van der Waals surface area (Å²) in [6, 6.07) is 36.5. The predicted octanol–water partition coefficient (Wildman–Crippen LogP) is 7.28. The minimum Gasteiger partial charge on any atom is -0.306 e. The van der Waals surface area contributed by atoms with E-state index in [1.54, 1.807) is 12.4 Å². The molecule has 8 aromatic rings. The average molecular weight is 528 g/mol. The number of nitrogens with zero attached hydrogens (tertiary/aromatic N) is 7. The summed E-state index contributed by atoms with van der Waals surface area (Å²) in [5, 5.41) is 1.17. The van der Waals surface area contributed by atoms with Crippen LogP contribution in [-0.4, -0.2) is 34.3 Å². The number of pyridine rings is 2. The van der Waals surface area contributed by atoms with Crippen molar-refractivity contribution >= 4 is 27.5 Å². The van der Waals surface area contributed by atoms with Crippen LogP contribution in [0.4, 0.5) is 0 Å². The first-order valence-electron chi connectivity index (χ1n) is 13.3. The molecule has 0 saturated heterocycles. The van der Waals surface area contributed by atoms with Gasteiger partial charge in [-0.3, -0.25) is 15.0 Å². The zero-order valence-electron chi connectivity index (χ0n) is 21.8. The van der Waals surface area contributed by atoms with Crippen molar-refractivity contribution in [2.24, 2.45) is 0 Å². The fraction of sp³-hybridized carbons (Fsp3) is 0. The Morgan fingerprint density at radius 3 is 1.71 bits per heavy atom. The van der Waals surface area contributed by atoms with Gasteiger partial charge in [0, 0.05) is 28.9 Å².